The lowest BCUT2D eigenvalue weighted by molar-refractivity contribution is -0.118. The molecule has 0 heterocycles. The van der Waals surface area contributed by atoms with Gasteiger partial charge in [0.25, 0.3) is 0 Å². The molecule has 0 aliphatic heterocycles. The maximum Gasteiger partial charge on any atom is 0.235 e. The predicted octanol–water partition coefficient (Wildman–Crippen LogP) is 3.45. The van der Waals surface area contributed by atoms with Crippen molar-refractivity contribution in [1.82, 2.24) is 0 Å². The first-order valence-corrected chi connectivity index (χ1v) is 7.45. The highest BCUT2D eigenvalue weighted by Gasteiger charge is 2.51. The lowest BCUT2D eigenvalue weighted by Crippen LogP contribution is -2.28. The summed E-state index contributed by atoms with van der Waals surface area (Å²) in [5.74, 6) is -1.00. The van der Waals surface area contributed by atoms with E-state index in [9.17, 15) is 14.0 Å². The molecule has 23 heavy (non-hydrogen) atoms. The summed E-state index contributed by atoms with van der Waals surface area (Å²) in [7, 11) is 0. The quantitative estimate of drug-likeness (QED) is 0.908. The van der Waals surface area contributed by atoms with Gasteiger partial charge in [-0.1, -0.05) is 30.3 Å². The van der Waals surface area contributed by atoms with Crippen LogP contribution in [0.15, 0.2) is 48.5 Å². The Labute approximate surface area is 133 Å². The zero-order valence-electron chi connectivity index (χ0n) is 12.7. The van der Waals surface area contributed by atoms with Crippen LogP contribution in [0.25, 0.3) is 0 Å². The average molecular weight is 312 g/mol. The fraction of sp³-hybridized carbons (Fsp3) is 0.222. The van der Waals surface area contributed by atoms with Crippen molar-refractivity contribution >= 4 is 23.2 Å². The third-order valence-electron chi connectivity index (χ3n) is 4.05. The van der Waals surface area contributed by atoms with Crippen LogP contribution in [0.3, 0.4) is 0 Å². The van der Waals surface area contributed by atoms with E-state index >= 15 is 0 Å². The standard InChI is InChI=1S/C18H17FN2O2/c1-12(22)20-14-7-8-15(19)16(11-14)21-17(23)18(9-10-18)13-5-3-2-4-6-13/h2-8,11H,9-10H2,1H3,(H,20,22)(H,21,23). The number of benzene rings is 2. The molecule has 118 valence electrons. The maximum atomic E-state index is 14.0. The summed E-state index contributed by atoms with van der Waals surface area (Å²) in [5.41, 5.74) is 0.885. The highest BCUT2D eigenvalue weighted by Crippen LogP contribution is 2.49. The third kappa shape index (κ3) is 3.08. The Morgan fingerprint density at radius 1 is 1.04 bits per heavy atom. The lowest BCUT2D eigenvalue weighted by atomic mass is 9.95. The summed E-state index contributed by atoms with van der Waals surface area (Å²) < 4.78 is 14.0. The van der Waals surface area contributed by atoms with Gasteiger partial charge >= 0.3 is 0 Å². The molecule has 0 saturated heterocycles. The average Bonchev–Trinajstić information content (AvgIpc) is 3.33. The smallest absolute Gasteiger partial charge is 0.235 e. The van der Waals surface area contributed by atoms with Gasteiger partial charge in [0.2, 0.25) is 11.8 Å². The topological polar surface area (TPSA) is 58.2 Å². The molecule has 1 saturated carbocycles. The van der Waals surface area contributed by atoms with Crippen molar-refractivity contribution in [3.05, 3.63) is 59.9 Å². The minimum Gasteiger partial charge on any atom is -0.326 e. The summed E-state index contributed by atoms with van der Waals surface area (Å²) in [5, 5.41) is 5.23. The summed E-state index contributed by atoms with van der Waals surface area (Å²) in [6.45, 7) is 1.37. The molecule has 0 bridgehead atoms. The third-order valence-corrected chi connectivity index (χ3v) is 4.05. The molecule has 3 rings (SSSR count). The highest BCUT2D eigenvalue weighted by atomic mass is 19.1. The first-order chi connectivity index (χ1) is 11.0. The van der Waals surface area contributed by atoms with E-state index in [1.54, 1.807) is 0 Å². The molecular weight excluding hydrogens is 295 g/mol. The minimum atomic E-state index is -0.572. The monoisotopic (exact) mass is 312 g/mol. The molecule has 0 radical (unpaired) electrons. The molecular formula is C18H17FN2O2. The number of carbonyl (C=O) groups is 2. The molecule has 0 atom stereocenters. The van der Waals surface area contributed by atoms with Gasteiger partial charge in [-0.3, -0.25) is 9.59 Å². The summed E-state index contributed by atoms with van der Waals surface area (Å²) in [4.78, 5) is 23.7. The zero-order chi connectivity index (χ0) is 16.4. The van der Waals surface area contributed by atoms with Gasteiger partial charge in [0.05, 0.1) is 11.1 Å². The molecule has 0 unspecified atom stereocenters. The maximum absolute atomic E-state index is 14.0. The van der Waals surface area contributed by atoms with E-state index in [-0.39, 0.29) is 17.5 Å². The molecule has 2 aromatic carbocycles. The van der Waals surface area contributed by atoms with E-state index in [4.69, 9.17) is 0 Å². The highest BCUT2D eigenvalue weighted by molar-refractivity contribution is 6.02. The van der Waals surface area contributed by atoms with Crippen molar-refractivity contribution in [2.75, 3.05) is 10.6 Å². The van der Waals surface area contributed by atoms with E-state index in [0.29, 0.717) is 5.69 Å². The Balaban J connectivity index is 1.82. The fourth-order valence-corrected chi connectivity index (χ4v) is 2.67. The number of amides is 2. The van der Waals surface area contributed by atoms with E-state index in [2.05, 4.69) is 10.6 Å². The van der Waals surface area contributed by atoms with Gasteiger partial charge in [0.1, 0.15) is 5.82 Å². The Morgan fingerprint density at radius 3 is 2.35 bits per heavy atom. The first-order valence-electron chi connectivity index (χ1n) is 7.45. The van der Waals surface area contributed by atoms with E-state index in [0.717, 1.165) is 18.4 Å². The van der Waals surface area contributed by atoms with Crippen molar-refractivity contribution in [1.29, 1.82) is 0 Å². The molecule has 2 N–H and O–H groups in total. The van der Waals surface area contributed by atoms with E-state index in [1.165, 1.54) is 25.1 Å². The number of nitrogens with one attached hydrogen (secondary N) is 2. The van der Waals surface area contributed by atoms with Crippen LogP contribution in [0.1, 0.15) is 25.3 Å². The summed E-state index contributed by atoms with van der Waals surface area (Å²) in [6, 6.07) is 13.6. The van der Waals surface area contributed by atoms with Crippen LogP contribution in [0.2, 0.25) is 0 Å². The molecule has 2 aromatic rings. The summed E-state index contributed by atoms with van der Waals surface area (Å²) >= 11 is 0. The van der Waals surface area contributed by atoms with Gasteiger partial charge in [0.15, 0.2) is 0 Å². The molecule has 5 heteroatoms. The van der Waals surface area contributed by atoms with Gasteiger partial charge < -0.3 is 10.6 Å². The van der Waals surface area contributed by atoms with Crippen molar-refractivity contribution in [2.45, 2.75) is 25.2 Å². The molecule has 1 fully saturated rings. The van der Waals surface area contributed by atoms with Crippen LogP contribution in [-0.4, -0.2) is 11.8 Å². The van der Waals surface area contributed by atoms with E-state index < -0.39 is 11.2 Å². The number of hydrogen-bond acceptors (Lipinski definition) is 2. The van der Waals surface area contributed by atoms with Gasteiger partial charge in [-0.2, -0.15) is 0 Å². The summed E-state index contributed by atoms with van der Waals surface area (Å²) in [6.07, 6.45) is 1.49. The Kier molecular flexibility index (Phi) is 3.86. The molecule has 4 nitrogen and oxygen atoms in total. The molecule has 0 aromatic heterocycles. The van der Waals surface area contributed by atoms with Crippen LogP contribution in [0.4, 0.5) is 15.8 Å². The Hall–Kier alpha value is -2.69. The number of hydrogen-bond donors (Lipinski definition) is 2. The largest absolute Gasteiger partial charge is 0.326 e. The van der Waals surface area contributed by atoms with Crippen molar-refractivity contribution < 1.29 is 14.0 Å². The van der Waals surface area contributed by atoms with Crippen molar-refractivity contribution in [3.63, 3.8) is 0 Å². The van der Waals surface area contributed by atoms with E-state index in [1.807, 2.05) is 30.3 Å². The van der Waals surface area contributed by atoms with Gasteiger partial charge in [0, 0.05) is 12.6 Å². The fourth-order valence-electron chi connectivity index (χ4n) is 2.67. The lowest BCUT2D eigenvalue weighted by Gasteiger charge is -2.16. The molecule has 1 aliphatic rings. The predicted molar refractivity (Wildman–Crippen MR) is 86.7 cm³/mol. The zero-order valence-corrected chi connectivity index (χ0v) is 12.7. The minimum absolute atomic E-state index is 0.0726. The van der Waals surface area contributed by atoms with Crippen LogP contribution in [-0.2, 0) is 15.0 Å². The van der Waals surface area contributed by atoms with Gasteiger partial charge in [-0.05, 0) is 36.6 Å². The second-order valence-corrected chi connectivity index (χ2v) is 5.78. The van der Waals surface area contributed by atoms with Crippen LogP contribution < -0.4 is 10.6 Å². The number of rotatable bonds is 4. The SMILES string of the molecule is CC(=O)Nc1ccc(F)c(NC(=O)C2(c3ccccc3)CC2)c1. The molecule has 2 amide bonds. The molecule has 1 aliphatic carbocycles. The van der Waals surface area contributed by atoms with Crippen LogP contribution >= 0.6 is 0 Å². The van der Waals surface area contributed by atoms with Crippen LogP contribution in [0.5, 0.6) is 0 Å². The van der Waals surface area contributed by atoms with Crippen molar-refractivity contribution in [2.24, 2.45) is 0 Å². The Bertz CT molecular complexity index is 755. The first kappa shape index (κ1) is 15.2. The normalized spacial score (nSPS) is 14.9. The number of anilines is 2. The van der Waals surface area contributed by atoms with Gasteiger partial charge in [-0.15, -0.1) is 0 Å². The molecule has 0 spiro atoms. The number of halogens is 1. The Morgan fingerprint density at radius 2 is 1.74 bits per heavy atom. The second-order valence-electron chi connectivity index (χ2n) is 5.78. The van der Waals surface area contributed by atoms with Crippen molar-refractivity contribution in [3.8, 4) is 0 Å². The number of carbonyl (C=O) groups excluding carboxylic acids is 2. The van der Waals surface area contributed by atoms with Crippen LogP contribution in [0, 0.1) is 5.82 Å². The van der Waals surface area contributed by atoms with Gasteiger partial charge in [-0.25, -0.2) is 4.39 Å². The second kappa shape index (κ2) is 5.83.